The average molecular weight is 279 g/mol. The second-order valence-electron chi connectivity index (χ2n) is 6.57. The van der Waals surface area contributed by atoms with Crippen LogP contribution in [-0.2, 0) is 4.79 Å². The van der Waals surface area contributed by atoms with Gasteiger partial charge in [0.25, 0.3) is 0 Å². The summed E-state index contributed by atoms with van der Waals surface area (Å²) in [7, 11) is 2.09. The minimum atomic E-state index is 0.267. The highest BCUT2D eigenvalue weighted by Gasteiger charge is 2.32. The number of nitrogens with zero attached hydrogens (tertiary/aromatic N) is 1. The molecule has 1 rings (SSSR count). The van der Waals surface area contributed by atoms with Crippen molar-refractivity contribution in [1.29, 1.82) is 0 Å². The number of likely N-dealkylation sites (tertiary alicyclic amines) is 1. The molecule has 0 saturated carbocycles. The molecule has 116 valence electrons. The monoisotopic (exact) mass is 279 g/mol. The zero-order chi connectivity index (χ0) is 14.8. The molecule has 1 saturated heterocycles. The summed E-state index contributed by atoms with van der Waals surface area (Å²) in [6.07, 6.45) is 14.1. The van der Waals surface area contributed by atoms with E-state index in [1.54, 1.807) is 0 Å². The third-order valence-corrected chi connectivity index (χ3v) is 4.73. The molecular weight excluding hydrogens is 245 g/mol. The summed E-state index contributed by atoms with van der Waals surface area (Å²) in [5.41, 5.74) is 0. The third-order valence-electron chi connectivity index (χ3n) is 4.73. The lowest BCUT2D eigenvalue weighted by Crippen LogP contribution is -2.37. The molecule has 0 aliphatic carbocycles. The van der Waals surface area contributed by atoms with Gasteiger partial charge >= 0.3 is 0 Å². The summed E-state index contributed by atoms with van der Waals surface area (Å²) in [6, 6.07) is 0.528. The highest BCUT2D eigenvalue weighted by molar-refractivity contribution is 6.24. The van der Waals surface area contributed by atoms with E-state index in [1.807, 2.05) is 0 Å². The van der Waals surface area contributed by atoms with Gasteiger partial charge in [0.2, 0.25) is 5.91 Å². The molecule has 3 heteroatoms. The number of carbonyl (C=O) groups is 1. The van der Waals surface area contributed by atoms with Gasteiger partial charge in [-0.15, -0.1) is 0 Å². The Balaban J connectivity index is 2.37. The standard InChI is InChI=1S/C17H34BNO/c1-3-5-7-8-10-12-15(11-9-6-4-2)19-14-13-16(18)17(19)20/h15-16H,3-14,18H2,1-2H3. The van der Waals surface area contributed by atoms with E-state index in [-0.39, 0.29) is 5.82 Å². The fourth-order valence-corrected chi connectivity index (χ4v) is 3.28. The fourth-order valence-electron chi connectivity index (χ4n) is 3.28. The minimum Gasteiger partial charge on any atom is -0.340 e. The Labute approximate surface area is 127 Å². The molecule has 0 radical (unpaired) electrons. The van der Waals surface area contributed by atoms with E-state index in [1.165, 1.54) is 64.2 Å². The van der Waals surface area contributed by atoms with Crippen LogP contribution >= 0.6 is 0 Å². The van der Waals surface area contributed by atoms with E-state index < -0.39 is 0 Å². The second kappa shape index (κ2) is 10.3. The maximum absolute atomic E-state index is 12.2. The normalized spacial score (nSPS) is 20.6. The van der Waals surface area contributed by atoms with E-state index in [4.69, 9.17) is 0 Å². The van der Waals surface area contributed by atoms with Crippen molar-refractivity contribution in [2.75, 3.05) is 6.54 Å². The van der Waals surface area contributed by atoms with Crippen molar-refractivity contribution in [3.8, 4) is 0 Å². The maximum Gasteiger partial charge on any atom is 0.217 e. The zero-order valence-electron chi connectivity index (χ0n) is 14.0. The van der Waals surface area contributed by atoms with Gasteiger partial charge in [0.15, 0.2) is 0 Å². The lowest BCUT2D eigenvalue weighted by molar-refractivity contribution is -0.129. The molecule has 0 N–H and O–H groups in total. The van der Waals surface area contributed by atoms with Gasteiger partial charge in [-0.1, -0.05) is 65.2 Å². The number of rotatable bonds is 11. The highest BCUT2D eigenvalue weighted by atomic mass is 16.2. The van der Waals surface area contributed by atoms with Crippen LogP contribution in [0.4, 0.5) is 0 Å². The van der Waals surface area contributed by atoms with Crippen LogP contribution in [0.15, 0.2) is 0 Å². The van der Waals surface area contributed by atoms with E-state index in [0.29, 0.717) is 11.9 Å². The number of carbonyl (C=O) groups excluding carboxylic acids is 1. The molecule has 1 aliphatic heterocycles. The summed E-state index contributed by atoms with van der Waals surface area (Å²) in [4.78, 5) is 14.4. The van der Waals surface area contributed by atoms with Crippen molar-refractivity contribution < 1.29 is 4.79 Å². The van der Waals surface area contributed by atoms with Crippen molar-refractivity contribution in [3.63, 3.8) is 0 Å². The van der Waals surface area contributed by atoms with Gasteiger partial charge in [0, 0.05) is 18.4 Å². The first-order valence-corrected chi connectivity index (χ1v) is 9.01. The molecular formula is C17H34BNO. The molecule has 0 spiro atoms. The summed E-state index contributed by atoms with van der Waals surface area (Å²) >= 11 is 0. The van der Waals surface area contributed by atoms with Gasteiger partial charge in [-0.2, -0.15) is 0 Å². The maximum atomic E-state index is 12.2. The zero-order valence-corrected chi connectivity index (χ0v) is 14.0. The van der Waals surface area contributed by atoms with E-state index in [2.05, 4.69) is 26.6 Å². The Bertz CT molecular complexity index is 270. The van der Waals surface area contributed by atoms with Crippen LogP contribution in [0.3, 0.4) is 0 Å². The molecule has 1 fully saturated rings. The van der Waals surface area contributed by atoms with Crippen LogP contribution < -0.4 is 0 Å². The van der Waals surface area contributed by atoms with Gasteiger partial charge in [-0.25, -0.2) is 0 Å². The molecule has 20 heavy (non-hydrogen) atoms. The van der Waals surface area contributed by atoms with Gasteiger partial charge in [0.1, 0.15) is 7.85 Å². The third kappa shape index (κ3) is 5.89. The van der Waals surface area contributed by atoms with Crippen LogP contribution in [0.2, 0.25) is 5.82 Å². The van der Waals surface area contributed by atoms with Crippen molar-refractivity contribution in [3.05, 3.63) is 0 Å². The first kappa shape index (κ1) is 17.6. The van der Waals surface area contributed by atoms with Gasteiger partial charge in [0.05, 0.1) is 0 Å². The molecule has 0 aromatic heterocycles. The van der Waals surface area contributed by atoms with Crippen molar-refractivity contribution in [2.24, 2.45) is 0 Å². The minimum absolute atomic E-state index is 0.267. The number of amides is 1. The lowest BCUT2D eigenvalue weighted by atomic mass is 9.86. The summed E-state index contributed by atoms with van der Waals surface area (Å²) < 4.78 is 0. The summed E-state index contributed by atoms with van der Waals surface area (Å²) in [5, 5.41) is 0. The Kier molecular flexibility index (Phi) is 9.05. The molecule has 0 bridgehead atoms. The van der Waals surface area contributed by atoms with Crippen LogP contribution in [0.5, 0.6) is 0 Å². The molecule has 2 unspecified atom stereocenters. The van der Waals surface area contributed by atoms with Crippen LogP contribution in [0.1, 0.15) is 84.5 Å². The average Bonchev–Trinajstić information content (AvgIpc) is 2.77. The van der Waals surface area contributed by atoms with E-state index in [9.17, 15) is 4.79 Å². The predicted molar refractivity (Wildman–Crippen MR) is 89.9 cm³/mol. The second-order valence-corrected chi connectivity index (χ2v) is 6.57. The molecule has 2 nitrogen and oxygen atoms in total. The number of unbranched alkanes of at least 4 members (excludes halogenated alkanes) is 6. The molecule has 2 atom stereocenters. The molecule has 0 aromatic carbocycles. The van der Waals surface area contributed by atoms with Crippen molar-refractivity contribution in [1.82, 2.24) is 4.90 Å². The Morgan fingerprint density at radius 1 is 1.05 bits per heavy atom. The predicted octanol–water partition coefficient (Wildman–Crippen LogP) is 3.95. The molecule has 1 amide bonds. The van der Waals surface area contributed by atoms with E-state index >= 15 is 0 Å². The van der Waals surface area contributed by atoms with Crippen molar-refractivity contribution in [2.45, 2.75) is 96.3 Å². The van der Waals surface area contributed by atoms with E-state index in [0.717, 1.165) is 13.0 Å². The Morgan fingerprint density at radius 3 is 2.15 bits per heavy atom. The fraction of sp³-hybridized carbons (Fsp3) is 0.941. The van der Waals surface area contributed by atoms with Gasteiger partial charge < -0.3 is 4.90 Å². The van der Waals surface area contributed by atoms with Crippen LogP contribution in [0, 0.1) is 0 Å². The molecule has 1 aliphatic rings. The topological polar surface area (TPSA) is 20.3 Å². The Hall–Kier alpha value is -0.465. The lowest BCUT2D eigenvalue weighted by Gasteiger charge is -2.28. The van der Waals surface area contributed by atoms with Gasteiger partial charge in [-0.05, 0) is 19.3 Å². The van der Waals surface area contributed by atoms with Crippen LogP contribution in [0.25, 0.3) is 0 Å². The highest BCUT2D eigenvalue weighted by Crippen LogP contribution is 2.27. The summed E-state index contributed by atoms with van der Waals surface area (Å²) in [6.45, 7) is 5.52. The number of hydrogen-bond acceptors (Lipinski definition) is 1. The Morgan fingerprint density at radius 2 is 1.60 bits per heavy atom. The molecule has 1 heterocycles. The first-order valence-electron chi connectivity index (χ1n) is 9.01. The largest absolute Gasteiger partial charge is 0.340 e. The first-order chi connectivity index (χ1) is 9.70. The van der Waals surface area contributed by atoms with Crippen LogP contribution in [-0.4, -0.2) is 31.2 Å². The van der Waals surface area contributed by atoms with Gasteiger partial charge in [-0.3, -0.25) is 4.79 Å². The smallest absolute Gasteiger partial charge is 0.217 e. The summed E-state index contributed by atoms with van der Waals surface area (Å²) in [5.74, 6) is 0.684. The molecule has 0 aromatic rings. The van der Waals surface area contributed by atoms with Crippen molar-refractivity contribution >= 4 is 13.8 Å². The number of hydrogen-bond donors (Lipinski definition) is 0. The quantitative estimate of drug-likeness (QED) is 0.414. The SMILES string of the molecule is BC1CCN(C(CCCCC)CCCCCCC)C1=O.